The molecule has 1 aromatic carbocycles. The van der Waals surface area contributed by atoms with Gasteiger partial charge in [-0.15, -0.1) is 0 Å². The van der Waals surface area contributed by atoms with Gasteiger partial charge in [-0.3, -0.25) is 0 Å². The average molecular weight is 262 g/mol. The predicted molar refractivity (Wildman–Crippen MR) is 82.4 cm³/mol. The minimum atomic E-state index is -1.02. The van der Waals surface area contributed by atoms with Crippen LogP contribution in [-0.2, 0) is 6.42 Å². The zero-order valence-corrected chi connectivity index (χ0v) is 13.7. The van der Waals surface area contributed by atoms with Crippen LogP contribution < -0.4 is 0 Å². The molecule has 100 valence electrons. The molecule has 1 heterocycles. The first kappa shape index (κ1) is 13.8. The van der Waals surface area contributed by atoms with Gasteiger partial charge < -0.3 is 4.48 Å². The van der Waals surface area contributed by atoms with Crippen LogP contribution in [0.5, 0.6) is 0 Å². The quantitative estimate of drug-likeness (QED) is 0.570. The Hall–Kier alpha value is -0.603. The predicted octanol–water partition coefficient (Wildman–Crippen LogP) is 4.02. The van der Waals surface area contributed by atoms with E-state index in [2.05, 4.69) is 57.9 Å². The first-order valence-corrected chi connectivity index (χ1v) is 11.0. The molecular formula is C16H28NSi+. The maximum absolute atomic E-state index is 2.50. The summed E-state index contributed by atoms with van der Waals surface area (Å²) >= 11 is 0. The maximum Gasteiger partial charge on any atom is 0.114 e. The van der Waals surface area contributed by atoms with Gasteiger partial charge in [0.2, 0.25) is 0 Å². The Labute approximate surface area is 113 Å². The molecular weight excluding hydrogens is 234 g/mol. The average Bonchev–Trinajstić information content (AvgIpc) is 2.26. The third-order valence-electron chi connectivity index (χ3n) is 4.28. The van der Waals surface area contributed by atoms with E-state index in [0.29, 0.717) is 6.04 Å². The molecule has 1 nitrogen and oxygen atoms in total. The minimum Gasteiger partial charge on any atom is -0.323 e. The summed E-state index contributed by atoms with van der Waals surface area (Å²) in [6, 6.07) is 9.81. The molecule has 0 saturated heterocycles. The van der Waals surface area contributed by atoms with Crippen molar-refractivity contribution in [2.75, 3.05) is 19.8 Å². The largest absolute Gasteiger partial charge is 0.323 e. The summed E-state index contributed by atoms with van der Waals surface area (Å²) in [6.45, 7) is 11.2. The van der Waals surface area contributed by atoms with E-state index >= 15 is 0 Å². The molecule has 1 aliphatic rings. The number of rotatable bonds is 3. The Morgan fingerprint density at radius 1 is 1.22 bits per heavy atom. The summed E-state index contributed by atoms with van der Waals surface area (Å²) in [4.78, 5) is 0. The molecule has 0 aliphatic carbocycles. The lowest BCUT2D eigenvalue weighted by Gasteiger charge is -2.48. The zero-order valence-electron chi connectivity index (χ0n) is 12.7. The van der Waals surface area contributed by atoms with E-state index in [1.54, 1.807) is 11.1 Å². The standard InChI is InChI=1S/C16H28NSi/c1-6-16-15-10-8-7-9-14(15)11-12-17(16,2)13-18(3,4)5/h7-10,16H,6,11-13H2,1-5H3/q+1/t16-,17+/m0/s1. The Morgan fingerprint density at radius 2 is 1.89 bits per heavy atom. The van der Waals surface area contributed by atoms with Crippen molar-refractivity contribution < 1.29 is 4.48 Å². The van der Waals surface area contributed by atoms with Crippen molar-refractivity contribution in [1.82, 2.24) is 0 Å². The lowest BCUT2D eigenvalue weighted by Crippen LogP contribution is -2.57. The van der Waals surface area contributed by atoms with E-state index in [-0.39, 0.29) is 0 Å². The van der Waals surface area contributed by atoms with Crippen molar-refractivity contribution in [2.45, 2.75) is 45.4 Å². The third-order valence-corrected chi connectivity index (χ3v) is 5.95. The van der Waals surface area contributed by atoms with Crippen LogP contribution in [0, 0.1) is 0 Å². The van der Waals surface area contributed by atoms with Crippen molar-refractivity contribution in [3.8, 4) is 0 Å². The molecule has 0 amide bonds. The highest BCUT2D eigenvalue weighted by Crippen LogP contribution is 2.37. The minimum absolute atomic E-state index is 0.710. The second kappa shape index (κ2) is 4.82. The van der Waals surface area contributed by atoms with Gasteiger partial charge in [-0.1, -0.05) is 50.8 Å². The Kier molecular flexibility index (Phi) is 3.70. The molecule has 0 spiro atoms. The first-order valence-electron chi connectivity index (χ1n) is 7.28. The molecule has 2 rings (SSSR count). The van der Waals surface area contributed by atoms with Crippen LogP contribution in [0.15, 0.2) is 24.3 Å². The summed E-state index contributed by atoms with van der Waals surface area (Å²) in [6.07, 6.45) is 3.92. The van der Waals surface area contributed by atoms with Crippen LogP contribution in [-0.4, -0.2) is 32.3 Å². The van der Waals surface area contributed by atoms with E-state index in [4.69, 9.17) is 0 Å². The normalized spacial score (nSPS) is 27.9. The number of hydrogen-bond donors (Lipinski definition) is 0. The summed E-state index contributed by atoms with van der Waals surface area (Å²) in [5.41, 5.74) is 3.21. The van der Waals surface area contributed by atoms with Crippen molar-refractivity contribution in [2.24, 2.45) is 0 Å². The Balaban J connectivity index is 2.36. The molecule has 18 heavy (non-hydrogen) atoms. The second-order valence-corrected chi connectivity index (χ2v) is 12.7. The van der Waals surface area contributed by atoms with Crippen LogP contribution >= 0.6 is 0 Å². The molecule has 0 fully saturated rings. The maximum atomic E-state index is 2.50. The molecule has 0 N–H and O–H groups in total. The molecule has 0 aromatic heterocycles. The van der Waals surface area contributed by atoms with Crippen LogP contribution in [0.1, 0.15) is 30.5 Å². The van der Waals surface area contributed by atoms with Crippen molar-refractivity contribution in [3.63, 3.8) is 0 Å². The van der Waals surface area contributed by atoms with Gasteiger partial charge in [-0.2, -0.15) is 0 Å². The summed E-state index contributed by atoms with van der Waals surface area (Å²) in [5.74, 6) is 0. The Bertz CT molecular complexity index is 421. The zero-order chi connectivity index (χ0) is 13.4. The van der Waals surface area contributed by atoms with Crippen LogP contribution in [0.4, 0.5) is 0 Å². The van der Waals surface area contributed by atoms with Gasteiger partial charge >= 0.3 is 0 Å². The monoisotopic (exact) mass is 262 g/mol. The van der Waals surface area contributed by atoms with Crippen molar-refractivity contribution >= 4 is 8.07 Å². The number of likely N-dealkylation sites (N-methyl/N-ethyl adjacent to an activating group) is 1. The van der Waals surface area contributed by atoms with Crippen molar-refractivity contribution in [1.29, 1.82) is 0 Å². The van der Waals surface area contributed by atoms with E-state index in [1.807, 2.05) is 0 Å². The van der Waals surface area contributed by atoms with E-state index in [1.165, 1.54) is 30.0 Å². The highest BCUT2D eigenvalue weighted by atomic mass is 28.3. The second-order valence-electron chi connectivity index (χ2n) is 7.29. The SMILES string of the molecule is CC[C@H]1c2ccccc2CC[N@+]1(C)C[Si](C)(C)C. The lowest BCUT2D eigenvalue weighted by molar-refractivity contribution is -0.932. The topological polar surface area (TPSA) is 0 Å². The van der Waals surface area contributed by atoms with Gasteiger partial charge in [-0.25, -0.2) is 0 Å². The number of quaternary nitrogens is 1. The number of fused-ring (bicyclic) bond motifs is 1. The number of nitrogens with zero attached hydrogens (tertiary/aromatic N) is 1. The molecule has 0 saturated carbocycles. The smallest absolute Gasteiger partial charge is 0.114 e. The fourth-order valence-corrected chi connectivity index (χ4v) is 6.43. The van der Waals surface area contributed by atoms with Gasteiger partial charge in [0, 0.05) is 18.4 Å². The van der Waals surface area contributed by atoms with Crippen molar-refractivity contribution in [3.05, 3.63) is 35.4 Å². The number of benzene rings is 1. The van der Waals surface area contributed by atoms with Gasteiger partial charge in [0.25, 0.3) is 0 Å². The van der Waals surface area contributed by atoms with Crippen LogP contribution in [0.2, 0.25) is 19.6 Å². The third kappa shape index (κ3) is 2.70. The molecule has 1 aromatic rings. The molecule has 0 bridgehead atoms. The summed E-state index contributed by atoms with van der Waals surface area (Å²) in [5, 5.41) is 0. The van der Waals surface area contributed by atoms with E-state index in [0.717, 1.165) is 0 Å². The fraction of sp³-hybridized carbons (Fsp3) is 0.625. The van der Waals surface area contributed by atoms with Gasteiger partial charge in [0.05, 0.1) is 19.8 Å². The van der Waals surface area contributed by atoms with E-state index in [9.17, 15) is 0 Å². The summed E-state index contributed by atoms with van der Waals surface area (Å²) in [7, 11) is 1.46. The molecule has 0 radical (unpaired) electrons. The number of hydrogen-bond acceptors (Lipinski definition) is 0. The molecule has 2 atom stereocenters. The highest BCUT2D eigenvalue weighted by molar-refractivity contribution is 6.76. The van der Waals surface area contributed by atoms with Gasteiger partial charge in [-0.05, 0) is 5.56 Å². The lowest BCUT2D eigenvalue weighted by atomic mass is 9.90. The van der Waals surface area contributed by atoms with Crippen LogP contribution in [0.25, 0.3) is 0 Å². The Morgan fingerprint density at radius 3 is 2.50 bits per heavy atom. The summed E-state index contributed by atoms with van der Waals surface area (Å²) < 4.78 is 1.27. The van der Waals surface area contributed by atoms with Crippen LogP contribution in [0.3, 0.4) is 0 Å². The van der Waals surface area contributed by atoms with Gasteiger partial charge in [0.15, 0.2) is 0 Å². The molecule has 2 heteroatoms. The fourth-order valence-electron chi connectivity index (χ4n) is 3.89. The van der Waals surface area contributed by atoms with Gasteiger partial charge in [0.1, 0.15) is 14.1 Å². The molecule has 1 aliphatic heterocycles. The first-order chi connectivity index (χ1) is 8.36. The highest BCUT2D eigenvalue weighted by Gasteiger charge is 2.40. The van der Waals surface area contributed by atoms with E-state index < -0.39 is 8.07 Å². The molecule has 0 unspecified atom stereocenters.